The third-order valence-electron chi connectivity index (χ3n) is 4.22. The van der Waals surface area contributed by atoms with Gasteiger partial charge < -0.3 is 15.7 Å². The van der Waals surface area contributed by atoms with Gasteiger partial charge in [0.15, 0.2) is 16.6 Å². The number of amides is 1. The number of aromatic nitrogens is 4. The molecule has 1 amide bonds. The Morgan fingerprint density at radius 2 is 1.97 bits per heavy atom. The van der Waals surface area contributed by atoms with Crippen molar-refractivity contribution in [2.75, 3.05) is 5.32 Å². The van der Waals surface area contributed by atoms with Gasteiger partial charge >= 0.3 is 5.97 Å². The number of carbonyl (C=O) groups excluding carboxylic acids is 1. The van der Waals surface area contributed by atoms with E-state index in [2.05, 4.69) is 25.8 Å². The van der Waals surface area contributed by atoms with Crippen LogP contribution in [0.25, 0.3) is 17.0 Å². The summed E-state index contributed by atoms with van der Waals surface area (Å²) in [4.78, 5) is 27.6. The smallest absolute Gasteiger partial charge is 0.325 e. The number of carbonyl (C=O) groups is 2. The van der Waals surface area contributed by atoms with Crippen LogP contribution in [0.5, 0.6) is 0 Å². The summed E-state index contributed by atoms with van der Waals surface area (Å²) in [6.45, 7) is 1.40. The fourth-order valence-corrected chi connectivity index (χ4v) is 3.29. The van der Waals surface area contributed by atoms with Crippen molar-refractivity contribution in [3.05, 3.63) is 59.7 Å². The van der Waals surface area contributed by atoms with Crippen LogP contribution >= 0.6 is 11.3 Å². The lowest BCUT2D eigenvalue weighted by Crippen LogP contribution is -2.38. The third-order valence-corrected chi connectivity index (χ3v) is 4.91. The van der Waals surface area contributed by atoms with Crippen molar-refractivity contribution in [1.29, 1.82) is 0 Å². The number of rotatable bonds is 6. The zero-order chi connectivity index (χ0) is 20.4. The first-order chi connectivity index (χ1) is 14.0. The molecule has 0 aliphatic rings. The molecule has 4 rings (SSSR count). The summed E-state index contributed by atoms with van der Waals surface area (Å²) in [7, 11) is 0. The minimum Gasteiger partial charge on any atom is -0.480 e. The molecule has 1 atom stereocenters. The van der Waals surface area contributed by atoms with Crippen LogP contribution in [0.3, 0.4) is 0 Å². The number of anilines is 2. The summed E-state index contributed by atoms with van der Waals surface area (Å²) < 4.78 is 1.70. The molecule has 29 heavy (non-hydrogen) atoms. The molecule has 0 fully saturated rings. The summed E-state index contributed by atoms with van der Waals surface area (Å²) in [5.74, 6) is -1.06. The average molecular weight is 408 g/mol. The standard InChI is InChI=1S/C19H16N6O3S/c1-11(18(27)28)21-17(26)14-3-2-9-25-15(23-24-16(14)25)12-4-6-13(7-5-12)22-19-20-8-10-29-19/h2-11H,1H3,(H,20,22)(H,21,26)(H,27,28)/t11-/m1/s1. The first kappa shape index (κ1) is 18.6. The molecule has 3 N–H and O–H groups in total. The Morgan fingerprint density at radius 1 is 1.17 bits per heavy atom. The van der Waals surface area contributed by atoms with Crippen molar-refractivity contribution in [3.8, 4) is 11.4 Å². The lowest BCUT2D eigenvalue weighted by atomic mass is 10.2. The number of benzene rings is 1. The van der Waals surface area contributed by atoms with Gasteiger partial charge in [-0.05, 0) is 43.3 Å². The van der Waals surface area contributed by atoms with Gasteiger partial charge in [0.05, 0.1) is 5.56 Å². The third kappa shape index (κ3) is 3.78. The molecule has 0 spiro atoms. The zero-order valence-electron chi connectivity index (χ0n) is 15.2. The lowest BCUT2D eigenvalue weighted by Gasteiger charge is -2.10. The molecule has 1 aromatic carbocycles. The minimum atomic E-state index is -1.11. The van der Waals surface area contributed by atoms with E-state index >= 15 is 0 Å². The van der Waals surface area contributed by atoms with Gasteiger partial charge in [-0.2, -0.15) is 0 Å². The molecule has 0 saturated carbocycles. The Kier molecular flexibility index (Phi) is 4.92. The number of aliphatic carboxylic acids is 1. The Labute approximate surface area is 169 Å². The highest BCUT2D eigenvalue weighted by molar-refractivity contribution is 7.13. The average Bonchev–Trinajstić information content (AvgIpc) is 3.38. The number of thiazole rings is 1. The number of carboxylic acid groups (broad SMARTS) is 1. The molecule has 10 heteroatoms. The molecule has 0 saturated heterocycles. The van der Waals surface area contributed by atoms with Gasteiger partial charge in [0.2, 0.25) is 0 Å². The minimum absolute atomic E-state index is 0.251. The van der Waals surface area contributed by atoms with Gasteiger partial charge in [0.25, 0.3) is 5.91 Å². The van der Waals surface area contributed by atoms with Crippen molar-refractivity contribution in [1.82, 2.24) is 24.9 Å². The van der Waals surface area contributed by atoms with Crippen LogP contribution in [-0.2, 0) is 4.79 Å². The van der Waals surface area contributed by atoms with Crippen LogP contribution in [0, 0.1) is 0 Å². The van der Waals surface area contributed by atoms with E-state index in [9.17, 15) is 9.59 Å². The fraction of sp³-hybridized carbons (Fsp3) is 0.105. The molecule has 0 radical (unpaired) electrons. The summed E-state index contributed by atoms with van der Waals surface area (Å²) in [6.07, 6.45) is 3.48. The SMILES string of the molecule is C[C@@H](NC(=O)c1cccn2c(-c3ccc(Nc4nccs4)cc3)nnc12)C(=O)O. The summed E-state index contributed by atoms with van der Waals surface area (Å²) in [5, 5.41) is 25.7. The van der Waals surface area contributed by atoms with Crippen LogP contribution in [-0.4, -0.2) is 42.6 Å². The van der Waals surface area contributed by atoms with E-state index in [1.54, 1.807) is 28.9 Å². The molecule has 146 valence electrons. The van der Waals surface area contributed by atoms with Crippen molar-refractivity contribution in [3.63, 3.8) is 0 Å². The first-order valence-corrected chi connectivity index (χ1v) is 9.55. The van der Waals surface area contributed by atoms with E-state index in [0.717, 1.165) is 16.4 Å². The Balaban J connectivity index is 1.62. The van der Waals surface area contributed by atoms with E-state index in [-0.39, 0.29) is 5.56 Å². The van der Waals surface area contributed by atoms with E-state index in [0.29, 0.717) is 11.5 Å². The van der Waals surface area contributed by atoms with Crippen molar-refractivity contribution < 1.29 is 14.7 Å². The molecule has 0 bridgehead atoms. The molecule has 9 nitrogen and oxygen atoms in total. The Hall–Kier alpha value is -3.79. The predicted octanol–water partition coefficient (Wildman–Crippen LogP) is 2.80. The topological polar surface area (TPSA) is 122 Å². The van der Waals surface area contributed by atoms with Gasteiger partial charge in [0.1, 0.15) is 6.04 Å². The zero-order valence-corrected chi connectivity index (χ0v) is 16.1. The maximum absolute atomic E-state index is 12.4. The largest absolute Gasteiger partial charge is 0.480 e. The molecule has 3 heterocycles. The Bertz CT molecular complexity index is 1170. The number of nitrogens with zero attached hydrogens (tertiary/aromatic N) is 4. The van der Waals surface area contributed by atoms with E-state index in [1.807, 2.05) is 29.6 Å². The highest BCUT2D eigenvalue weighted by Crippen LogP contribution is 2.24. The number of nitrogens with one attached hydrogen (secondary N) is 2. The second-order valence-electron chi connectivity index (χ2n) is 6.21. The van der Waals surface area contributed by atoms with E-state index in [1.165, 1.54) is 18.3 Å². The van der Waals surface area contributed by atoms with Crippen LogP contribution in [0.2, 0.25) is 0 Å². The summed E-state index contributed by atoms with van der Waals surface area (Å²) in [5.41, 5.74) is 2.31. The molecular formula is C19H16N6O3S. The van der Waals surface area contributed by atoms with Crippen LogP contribution < -0.4 is 10.6 Å². The van der Waals surface area contributed by atoms with Crippen LogP contribution in [0.15, 0.2) is 54.2 Å². The van der Waals surface area contributed by atoms with E-state index in [4.69, 9.17) is 5.11 Å². The maximum Gasteiger partial charge on any atom is 0.325 e. The molecule has 3 aromatic heterocycles. The van der Waals surface area contributed by atoms with Gasteiger partial charge in [-0.1, -0.05) is 0 Å². The lowest BCUT2D eigenvalue weighted by molar-refractivity contribution is -0.138. The number of carboxylic acids is 1. The summed E-state index contributed by atoms with van der Waals surface area (Å²) >= 11 is 1.51. The second kappa shape index (κ2) is 7.68. The predicted molar refractivity (Wildman–Crippen MR) is 108 cm³/mol. The molecule has 0 aliphatic heterocycles. The van der Waals surface area contributed by atoms with Crippen LogP contribution in [0.4, 0.5) is 10.8 Å². The van der Waals surface area contributed by atoms with Gasteiger partial charge in [-0.25, -0.2) is 4.98 Å². The van der Waals surface area contributed by atoms with E-state index < -0.39 is 17.9 Å². The molecule has 0 aliphatic carbocycles. The van der Waals surface area contributed by atoms with Crippen LogP contribution in [0.1, 0.15) is 17.3 Å². The highest BCUT2D eigenvalue weighted by Gasteiger charge is 2.19. The molecular weight excluding hydrogens is 392 g/mol. The highest BCUT2D eigenvalue weighted by atomic mass is 32.1. The Morgan fingerprint density at radius 3 is 2.66 bits per heavy atom. The van der Waals surface area contributed by atoms with Crippen molar-refractivity contribution in [2.24, 2.45) is 0 Å². The van der Waals surface area contributed by atoms with Crippen molar-refractivity contribution in [2.45, 2.75) is 13.0 Å². The van der Waals surface area contributed by atoms with Gasteiger partial charge in [0, 0.05) is 29.0 Å². The van der Waals surface area contributed by atoms with Gasteiger partial charge in [-0.3, -0.25) is 14.0 Å². The molecule has 4 aromatic rings. The number of hydrogen-bond acceptors (Lipinski definition) is 7. The first-order valence-electron chi connectivity index (χ1n) is 8.67. The summed E-state index contributed by atoms with van der Waals surface area (Å²) in [6, 6.07) is 9.86. The second-order valence-corrected chi connectivity index (χ2v) is 7.11. The fourth-order valence-electron chi connectivity index (χ4n) is 2.74. The monoisotopic (exact) mass is 408 g/mol. The van der Waals surface area contributed by atoms with Gasteiger partial charge in [-0.15, -0.1) is 21.5 Å². The normalized spacial score (nSPS) is 11.9. The molecule has 0 unspecified atom stereocenters. The maximum atomic E-state index is 12.4. The van der Waals surface area contributed by atoms with Crippen molar-refractivity contribution >= 4 is 39.7 Å². The number of pyridine rings is 1. The number of hydrogen-bond donors (Lipinski definition) is 3. The quantitative estimate of drug-likeness (QED) is 0.448. The number of fused-ring (bicyclic) bond motifs is 1.